The average Bonchev–Trinajstić information content (AvgIpc) is 2.63. The van der Waals surface area contributed by atoms with Crippen molar-refractivity contribution in [3.8, 4) is 0 Å². The molecule has 1 fully saturated rings. The van der Waals surface area contributed by atoms with Gasteiger partial charge in [-0.15, -0.1) is 0 Å². The van der Waals surface area contributed by atoms with Gasteiger partial charge in [0.2, 0.25) is 0 Å². The van der Waals surface area contributed by atoms with E-state index in [1.54, 1.807) is 0 Å². The first-order chi connectivity index (χ1) is 9.13. The number of halogens is 2. The SMILES string of the molecule is O=C(c1ccc(Br)cc1Br)N1CCCCCC1CO. The zero-order valence-corrected chi connectivity index (χ0v) is 13.8. The number of hydrogen-bond acceptors (Lipinski definition) is 2. The molecule has 0 spiro atoms. The predicted molar refractivity (Wildman–Crippen MR) is 82.2 cm³/mol. The van der Waals surface area contributed by atoms with Crippen molar-refractivity contribution < 1.29 is 9.90 Å². The van der Waals surface area contributed by atoms with Crippen LogP contribution in [0.1, 0.15) is 36.0 Å². The Bertz CT molecular complexity index is 465. The number of aliphatic hydroxyl groups is 1. The van der Waals surface area contributed by atoms with E-state index in [4.69, 9.17) is 0 Å². The zero-order chi connectivity index (χ0) is 13.8. The number of amides is 1. The van der Waals surface area contributed by atoms with Crippen molar-refractivity contribution in [2.45, 2.75) is 31.7 Å². The molecule has 0 bridgehead atoms. The van der Waals surface area contributed by atoms with Gasteiger partial charge in [-0.1, -0.05) is 28.8 Å². The van der Waals surface area contributed by atoms with Gasteiger partial charge in [0.15, 0.2) is 0 Å². The molecule has 0 radical (unpaired) electrons. The first kappa shape index (κ1) is 15.0. The van der Waals surface area contributed by atoms with Gasteiger partial charge in [0.1, 0.15) is 0 Å². The fourth-order valence-electron chi connectivity index (χ4n) is 2.45. The average molecular weight is 391 g/mol. The number of nitrogens with zero attached hydrogens (tertiary/aromatic N) is 1. The molecule has 1 aliphatic rings. The molecular formula is C14H17Br2NO2. The van der Waals surface area contributed by atoms with Crippen LogP contribution in [-0.4, -0.2) is 35.1 Å². The van der Waals surface area contributed by atoms with Crippen LogP contribution in [-0.2, 0) is 0 Å². The van der Waals surface area contributed by atoms with Crippen LogP contribution in [0, 0.1) is 0 Å². The van der Waals surface area contributed by atoms with Gasteiger partial charge in [0.05, 0.1) is 18.2 Å². The monoisotopic (exact) mass is 389 g/mol. The molecule has 1 aromatic carbocycles. The molecule has 0 saturated carbocycles. The lowest BCUT2D eigenvalue weighted by Gasteiger charge is -2.29. The van der Waals surface area contributed by atoms with Gasteiger partial charge in [-0.05, 0) is 47.0 Å². The first-order valence-electron chi connectivity index (χ1n) is 6.50. The Hall–Kier alpha value is -0.390. The molecule has 1 saturated heterocycles. The summed E-state index contributed by atoms with van der Waals surface area (Å²) in [4.78, 5) is 14.4. The highest BCUT2D eigenvalue weighted by Gasteiger charge is 2.26. The van der Waals surface area contributed by atoms with E-state index in [0.717, 1.165) is 41.2 Å². The molecule has 1 amide bonds. The molecule has 1 atom stereocenters. The largest absolute Gasteiger partial charge is 0.394 e. The van der Waals surface area contributed by atoms with Gasteiger partial charge in [0, 0.05) is 15.5 Å². The van der Waals surface area contributed by atoms with Crippen LogP contribution in [0.5, 0.6) is 0 Å². The smallest absolute Gasteiger partial charge is 0.255 e. The second-order valence-corrected chi connectivity index (χ2v) is 6.58. The van der Waals surface area contributed by atoms with Crippen LogP contribution in [0.25, 0.3) is 0 Å². The highest BCUT2D eigenvalue weighted by atomic mass is 79.9. The van der Waals surface area contributed by atoms with E-state index in [2.05, 4.69) is 31.9 Å². The van der Waals surface area contributed by atoms with Gasteiger partial charge >= 0.3 is 0 Å². The minimum Gasteiger partial charge on any atom is -0.394 e. The summed E-state index contributed by atoms with van der Waals surface area (Å²) in [6.45, 7) is 0.770. The summed E-state index contributed by atoms with van der Waals surface area (Å²) >= 11 is 6.82. The van der Waals surface area contributed by atoms with Crippen LogP contribution < -0.4 is 0 Å². The Morgan fingerprint density at radius 3 is 2.79 bits per heavy atom. The number of carbonyl (C=O) groups is 1. The fourth-order valence-corrected chi connectivity index (χ4v) is 3.67. The third-order valence-corrected chi connectivity index (χ3v) is 4.66. The van der Waals surface area contributed by atoms with E-state index in [1.807, 2.05) is 23.1 Å². The highest BCUT2D eigenvalue weighted by Crippen LogP contribution is 2.25. The van der Waals surface area contributed by atoms with Crippen molar-refractivity contribution in [1.29, 1.82) is 0 Å². The van der Waals surface area contributed by atoms with Gasteiger partial charge in [0.25, 0.3) is 5.91 Å². The maximum absolute atomic E-state index is 12.6. The fraction of sp³-hybridized carbons (Fsp3) is 0.500. The summed E-state index contributed by atoms with van der Waals surface area (Å²) in [6, 6.07) is 5.50. The van der Waals surface area contributed by atoms with Crippen LogP contribution >= 0.6 is 31.9 Å². The Labute approximate surface area is 130 Å². The van der Waals surface area contributed by atoms with E-state index in [0.29, 0.717) is 5.56 Å². The maximum atomic E-state index is 12.6. The van der Waals surface area contributed by atoms with Crippen molar-refractivity contribution in [2.24, 2.45) is 0 Å². The van der Waals surface area contributed by atoms with E-state index in [1.165, 1.54) is 0 Å². The summed E-state index contributed by atoms with van der Waals surface area (Å²) in [6.07, 6.45) is 4.10. The van der Waals surface area contributed by atoms with Crippen molar-refractivity contribution in [1.82, 2.24) is 4.90 Å². The molecule has 104 valence electrons. The molecule has 0 aliphatic carbocycles. The first-order valence-corrected chi connectivity index (χ1v) is 8.09. The lowest BCUT2D eigenvalue weighted by Crippen LogP contribution is -2.42. The third kappa shape index (κ3) is 3.58. The molecule has 5 heteroatoms. The second-order valence-electron chi connectivity index (χ2n) is 4.81. The maximum Gasteiger partial charge on any atom is 0.255 e. The highest BCUT2D eigenvalue weighted by molar-refractivity contribution is 9.11. The minimum atomic E-state index is -0.0504. The molecule has 19 heavy (non-hydrogen) atoms. The van der Waals surface area contributed by atoms with Crippen molar-refractivity contribution >= 4 is 37.8 Å². The number of carbonyl (C=O) groups excluding carboxylic acids is 1. The quantitative estimate of drug-likeness (QED) is 0.838. The third-order valence-electron chi connectivity index (χ3n) is 3.51. The normalized spacial score (nSPS) is 20.2. The zero-order valence-electron chi connectivity index (χ0n) is 10.6. The molecule has 1 unspecified atom stereocenters. The topological polar surface area (TPSA) is 40.5 Å². The van der Waals surface area contributed by atoms with Gasteiger partial charge < -0.3 is 10.0 Å². The molecule has 1 N–H and O–H groups in total. The van der Waals surface area contributed by atoms with Crippen molar-refractivity contribution in [3.63, 3.8) is 0 Å². The standard InChI is InChI=1S/C14H17Br2NO2/c15-10-5-6-12(13(16)8-10)14(19)17-7-3-1-2-4-11(17)9-18/h5-6,8,11,18H,1-4,7,9H2. The lowest BCUT2D eigenvalue weighted by atomic mass is 10.1. The van der Waals surface area contributed by atoms with Crippen LogP contribution in [0.3, 0.4) is 0 Å². The van der Waals surface area contributed by atoms with Crippen LogP contribution in [0.4, 0.5) is 0 Å². The van der Waals surface area contributed by atoms with Crippen LogP contribution in [0.15, 0.2) is 27.1 Å². The Morgan fingerprint density at radius 2 is 2.11 bits per heavy atom. The second kappa shape index (κ2) is 6.86. The number of rotatable bonds is 2. The molecular weight excluding hydrogens is 374 g/mol. The molecule has 2 rings (SSSR count). The number of hydrogen-bond donors (Lipinski definition) is 1. The Kier molecular flexibility index (Phi) is 5.42. The molecule has 1 aliphatic heterocycles. The number of aliphatic hydroxyl groups excluding tert-OH is 1. The van der Waals surface area contributed by atoms with Crippen molar-refractivity contribution in [3.05, 3.63) is 32.7 Å². The summed E-state index contributed by atoms with van der Waals surface area (Å²) in [7, 11) is 0. The predicted octanol–water partition coefficient (Wildman–Crippen LogP) is 3.59. The minimum absolute atomic E-state index is 0.000301. The van der Waals surface area contributed by atoms with E-state index < -0.39 is 0 Å². The summed E-state index contributed by atoms with van der Waals surface area (Å²) < 4.78 is 1.72. The Morgan fingerprint density at radius 1 is 1.32 bits per heavy atom. The summed E-state index contributed by atoms with van der Waals surface area (Å²) in [5, 5.41) is 9.48. The summed E-state index contributed by atoms with van der Waals surface area (Å²) in [5.74, 6) is 0.000301. The van der Waals surface area contributed by atoms with Crippen molar-refractivity contribution in [2.75, 3.05) is 13.2 Å². The van der Waals surface area contributed by atoms with E-state index >= 15 is 0 Å². The number of likely N-dealkylation sites (tertiary alicyclic amines) is 1. The molecule has 0 aromatic heterocycles. The van der Waals surface area contributed by atoms with E-state index in [9.17, 15) is 9.90 Å². The van der Waals surface area contributed by atoms with Gasteiger partial charge in [-0.2, -0.15) is 0 Å². The summed E-state index contributed by atoms with van der Waals surface area (Å²) in [5.41, 5.74) is 0.656. The molecule has 3 nitrogen and oxygen atoms in total. The molecule has 1 heterocycles. The Balaban J connectivity index is 2.25. The van der Waals surface area contributed by atoms with Gasteiger partial charge in [-0.25, -0.2) is 0 Å². The number of benzene rings is 1. The lowest BCUT2D eigenvalue weighted by molar-refractivity contribution is 0.0599. The van der Waals surface area contributed by atoms with Gasteiger partial charge in [-0.3, -0.25) is 4.79 Å². The molecule has 1 aromatic rings. The van der Waals surface area contributed by atoms with E-state index in [-0.39, 0.29) is 18.6 Å². The van der Waals surface area contributed by atoms with Crippen LogP contribution in [0.2, 0.25) is 0 Å².